The molecular formula is C13H27NO2S. The van der Waals surface area contributed by atoms with Crippen molar-refractivity contribution in [3.63, 3.8) is 0 Å². The van der Waals surface area contributed by atoms with Crippen molar-refractivity contribution in [1.82, 2.24) is 0 Å². The molecule has 0 aromatic carbocycles. The Morgan fingerprint density at radius 1 is 1.24 bits per heavy atom. The zero-order valence-electron chi connectivity index (χ0n) is 11.2. The van der Waals surface area contributed by atoms with E-state index >= 15 is 0 Å². The van der Waals surface area contributed by atoms with E-state index in [2.05, 4.69) is 6.92 Å². The van der Waals surface area contributed by atoms with Gasteiger partial charge in [-0.25, -0.2) is 8.42 Å². The maximum atomic E-state index is 11.5. The third kappa shape index (κ3) is 4.96. The molecule has 0 amide bonds. The zero-order chi connectivity index (χ0) is 12.9. The Hall–Kier alpha value is -0.0900. The van der Waals surface area contributed by atoms with E-state index in [1.807, 2.05) is 0 Å². The van der Waals surface area contributed by atoms with E-state index in [9.17, 15) is 8.42 Å². The van der Waals surface area contributed by atoms with Crippen LogP contribution in [0, 0.1) is 5.92 Å². The average Bonchev–Trinajstić information content (AvgIpc) is 2.31. The normalized spacial score (nSPS) is 30.4. The summed E-state index contributed by atoms with van der Waals surface area (Å²) in [5.74, 6) is 1.32. The fourth-order valence-electron chi connectivity index (χ4n) is 2.70. The van der Waals surface area contributed by atoms with Gasteiger partial charge >= 0.3 is 0 Å². The van der Waals surface area contributed by atoms with Gasteiger partial charge in [0.25, 0.3) is 0 Å². The molecule has 1 saturated carbocycles. The minimum Gasteiger partial charge on any atom is -0.325 e. The highest BCUT2D eigenvalue weighted by molar-refractivity contribution is 7.91. The number of hydrogen-bond acceptors (Lipinski definition) is 3. The van der Waals surface area contributed by atoms with Crippen LogP contribution in [0.5, 0.6) is 0 Å². The largest absolute Gasteiger partial charge is 0.325 e. The van der Waals surface area contributed by atoms with Crippen molar-refractivity contribution in [2.75, 3.05) is 11.5 Å². The van der Waals surface area contributed by atoms with Crippen LogP contribution in [0.2, 0.25) is 0 Å². The first-order valence-corrected chi connectivity index (χ1v) is 8.72. The average molecular weight is 261 g/mol. The summed E-state index contributed by atoms with van der Waals surface area (Å²) < 4.78 is 23.0. The first-order chi connectivity index (χ1) is 7.91. The van der Waals surface area contributed by atoms with Gasteiger partial charge in [-0.05, 0) is 38.0 Å². The topological polar surface area (TPSA) is 60.2 Å². The highest BCUT2D eigenvalue weighted by atomic mass is 32.2. The van der Waals surface area contributed by atoms with E-state index in [-0.39, 0.29) is 17.0 Å². The summed E-state index contributed by atoms with van der Waals surface area (Å²) in [4.78, 5) is 0. The second kappa shape index (κ2) is 6.19. The zero-order valence-corrected chi connectivity index (χ0v) is 12.1. The van der Waals surface area contributed by atoms with Crippen LogP contribution < -0.4 is 5.73 Å². The van der Waals surface area contributed by atoms with Gasteiger partial charge < -0.3 is 5.73 Å². The molecule has 3 nitrogen and oxygen atoms in total. The quantitative estimate of drug-likeness (QED) is 0.799. The number of nitrogens with two attached hydrogens (primary N) is 1. The van der Waals surface area contributed by atoms with E-state index in [1.54, 1.807) is 6.92 Å². The van der Waals surface area contributed by atoms with Crippen LogP contribution >= 0.6 is 0 Å². The van der Waals surface area contributed by atoms with E-state index in [0.29, 0.717) is 6.42 Å². The lowest BCUT2D eigenvalue weighted by Crippen LogP contribution is -2.44. The molecule has 17 heavy (non-hydrogen) atoms. The van der Waals surface area contributed by atoms with E-state index < -0.39 is 9.84 Å². The van der Waals surface area contributed by atoms with Crippen LogP contribution in [0.1, 0.15) is 58.8 Å². The fraction of sp³-hybridized carbons (Fsp3) is 1.00. The molecule has 1 aliphatic carbocycles. The Morgan fingerprint density at radius 2 is 1.82 bits per heavy atom. The van der Waals surface area contributed by atoms with Crippen LogP contribution in [0.3, 0.4) is 0 Å². The highest BCUT2D eigenvalue weighted by Gasteiger charge is 2.32. The van der Waals surface area contributed by atoms with Gasteiger partial charge in [-0.1, -0.05) is 26.7 Å². The van der Waals surface area contributed by atoms with Gasteiger partial charge in [0.15, 0.2) is 0 Å². The van der Waals surface area contributed by atoms with Gasteiger partial charge in [0, 0.05) is 11.3 Å². The molecule has 0 atom stereocenters. The third-order valence-corrected chi connectivity index (χ3v) is 5.85. The minimum absolute atomic E-state index is 0.216. The van der Waals surface area contributed by atoms with Crippen LogP contribution in [-0.4, -0.2) is 25.5 Å². The highest BCUT2D eigenvalue weighted by Crippen LogP contribution is 2.34. The number of rotatable bonds is 6. The molecule has 2 N–H and O–H groups in total. The Morgan fingerprint density at radius 3 is 2.29 bits per heavy atom. The van der Waals surface area contributed by atoms with Crippen molar-refractivity contribution in [2.24, 2.45) is 11.7 Å². The van der Waals surface area contributed by atoms with E-state index in [4.69, 9.17) is 5.73 Å². The molecule has 0 unspecified atom stereocenters. The molecule has 102 valence electrons. The second-order valence-corrected chi connectivity index (χ2v) is 8.05. The predicted molar refractivity (Wildman–Crippen MR) is 72.7 cm³/mol. The lowest BCUT2D eigenvalue weighted by atomic mass is 9.74. The standard InChI is InChI=1S/C13H27NO2S/c1-3-5-12-6-8-13(14,9-7-12)10-11-17(15,16)4-2/h12H,3-11,14H2,1-2H3. The van der Waals surface area contributed by atoms with E-state index in [1.165, 1.54) is 25.7 Å². The SMILES string of the molecule is CCCC1CCC(N)(CCS(=O)(=O)CC)CC1. The summed E-state index contributed by atoms with van der Waals surface area (Å²) in [5, 5.41) is 0. The Balaban J connectivity index is 2.39. The molecule has 1 aliphatic rings. The summed E-state index contributed by atoms with van der Waals surface area (Å²) in [6.07, 6.45) is 7.53. The lowest BCUT2D eigenvalue weighted by molar-refractivity contribution is 0.219. The number of sulfone groups is 1. The minimum atomic E-state index is -2.86. The van der Waals surface area contributed by atoms with Gasteiger partial charge in [-0.2, -0.15) is 0 Å². The van der Waals surface area contributed by atoms with Crippen molar-refractivity contribution in [3.05, 3.63) is 0 Å². The van der Waals surface area contributed by atoms with Crippen LogP contribution in [-0.2, 0) is 9.84 Å². The summed E-state index contributed by atoms with van der Waals surface area (Å²) in [5.41, 5.74) is 6.10. The molecule has 0 aliphatic heterocycles. The Labute approximate surface area is 106 Å². The smallest absolute Gasteiger partial charge is 0.150 e. The second-order valence-electron chi connectivity index (χ2n) is 5.58. The molecule has 0 saturated heterocycles. The summed E-state index contributed by atoms with van der Waals surface area (Å²) in [6.45, 7) is 3.93. The van der Waals surface area contributed by atoms with Crippen molar-refractivity contribution >= 4 is 9.84 Å². The van der Waals surface area contributed by atoms with Crippen molar-refractivity contribution in [2.45, 2.75) is 64.3 Å². The molecule has 1 rings (SSSR count). The molecule has 0 aromatic heterocycles. The molecule has 0 bridgehead atoms. The molecule has 1 fully saturated rings. The summed E-state index contributed by atoms with van der Waals surface area (Å²) in [7, 11) is -2.86. The monoisotopic (exact) mass is 261 g/mol. The molecular weight excluding hydrogens is 234 g/mol. The van der Waals surface area contributed by atoms with Crippen molar-refractivity contribution < 1.29 is 8.42 Å². The molecule has 0 heterocycles. The molecule has 0 radical (unpaired) electrons. The molecule has 0 spiro atoms. The first-order valence-electron chi connectivity index (χ1n) is 6.90. The Bertz CT molecular complexity index is 316. The predicted octanol–water partition coefficient (Wildman–Crippen LogP) is 2.50. The van der Waals surface area contributed by atoms with Gasteiger partial charge in [0.1, 0.15) is 9.84 Å². The lowest BCUT2D eigenvalue weighted by Gasteiger charge is -2.37. The summed E-state index contributed by atoms with van der Waals surface area (Å²) in [6, 6.07) is 0. The molecule has 4 heteroatoms. The van der Waals surface area contributed by atoms with Crippen molar-refractivity contribution in [1.29, 1.82) is 0 Å². The molecule has 0 aromatic rings. The van der Waals surface area contributed by atoms with Crippen molar-refractivity contribution in [3.8, 4) is 0 Å². The van der Waals surface area contributed by atoms with Crippen LogP contribution in [0.25, 0.3) is 0 Å². The maximum absolute atomic E-state index is 11.5. The van der Waals surface area contributed by atoms with Gasteiger partial charge in [0.2, 0.25) is 0 Å². The first kappa shape index (κ1) is 15.0. The number of hydrogen-bond donors (Lipinski definition) is 1. The van der Waals surface area contributed by atoms with Gasteiger partial charge in [-0.3, -0.25) is 0 Å². The van der Waals surface area contributed by atoms with Crippen LogP contribution in [0.4, 0.5) is 0 Å². The van der Waals surface area contributed by atoms with Crippen LogP contribution in [0.15, 0.2) is 0 Å². The third-order valence-electron chi connectivity index (χ3n) is 4.15. The maximum Gasteiger partial charge on any atom is 0.150 e. The van der Waals surface area contributed by atoms with Gasteiger partial charge in [-0.15, -0.1) is 0 Å². The van der Waals surface area contributed by atoms with E-state index in [0.717, 1.165) is 18.8 Å². The summed E-state index contributed by atoms with van der Waals surface area (Å²) >= 11 is 0. The Kier molecular flexibility index (Phi) is 5.45. The van der Waals surface area contributed by atoms with Gasteiger partial charge in [0.05, 0.1) is 5.75 Å². The fourth-order valence-corrected chi connectivity index (χ4v) is 3.71.